The zero-order valence-electron chi connectivity index (χ0n) is 8.32. The zero-order valence-corrected chi connectivity index (χ0v) is 8.32. The van der Waals surface area contributed by atoms with Crippen LogP contribution in [-0.4, -0.2) is 48.0 Å². The Hall–Kier alpha value is -0.120. The van der Waals surface area contributed by atoms with Gasteiger partial charge in [0.1, 0.15) is 0 Å². The third-order valence-corrected chi connectivity index (χ3v) is 2.05. The summed E-state index contributed by atoms with van der Waals surface area (Å²) >= 11 is 0. The highest BCUT2D eigenvalue weighted by atomic mass is 16.3. The third-order valence-electron chi connectivity index (χ3n) is 2.05. The van der Waals surface area contributed by atoms with Crippen LogP contribution < -0.4 is 0 Å². The molecule has 2 atom stereocenters. The minimum atomic E-state index is -0.598. The summed E-state index contributed by atoms with van der Waals surface area (Å²) in [6.45, 7) is 5.72. The van der Waals surface area contributed by atoms with E-state index in [4.69, 9.17) is 10.2 Å². The quantitative estimate of drug-likeness (QED) is 0.611. The van der Waals surface area contributed by atoms with Crippen LogP contribution in [0.2, 0.25) is 0 Å². The molecule has 0 aromatic carbocycles. The van der Waals surface area contributed by atoms with Crippen LogP contribution in [0.3, 0.4) is 0 Å². The standard InChI is InChI=1S/C9H21NO2/c1-4-8(2)5-10(3)6-9(12)7-11/h8-9,11-12H,4-7H2,1-3H3. The highest BCUT2D eigenvalue weighted by Gasteiger charge is 2.08. The third kappa shape index (κ3) is 5.52. The summed E-state index contributed by atoms with van der Waals surface area (Å²) in [6.07, 6.45) is 0.554. The minimum absolute atomic E-state index is 0.148. The normalized spacial score (nSPS) is 16.5. The van der Waals surface area contributed by atoms with Crippen LogP contribution >= 0.6 is 0 Å². The second-order valence-corrected chi connectivity index (χ2v) is 3.57. The Morgan fingerprint density at radius 3 is 2.33 bits per heavy atom. The van der Waals surface area contributed by atoms with Crippen LogP contribution in [0.5, 0.6) is 0 Å². The van der Waals surface area contributed by atoms with Crippen molar-refractivity contribution in [3.8, 4) is 0 Å². The maximum absolute atomic E-state index is 9.12. The molecule has 0 aliphatic carbocycles. The summed E-state index contributed by atoms with van der Waals surface area (Å²) < 4.78 is 0. The fourth-order valence-electron chi connectivity index (χ4n) is 1.15. The summed E-state index contributed by atoms with van der Waals surface area (Å²) in [5, 5.41) is 17.7. The van der Waals surface area contributed by atoms with E-state index in [0.717, 1.165) is 13.0 Å². The van der Waals surface area contributed by atoms with Crippen LogP contribution in [0.25, 0.3) is 0 Å². The molecule has 12 heavy (non-hydrogen) atoms. The first-order valence-electron chi connectivity index (χ1n) is 4.57. The van der Waals surface area contributed by atoms with Gasteiger partial charge in [-0.05, 0) is 13.0 Å². The zero-order chi connectivity index (χ0) is 9.56. The van der Waals surface area contributed by atoms with Crippen LogP contribution in [-0.2, 0) is 0 Å². The van der Waals surface area contributed by atoms with Crippen molar-refractivity contribution in [1.29, 1.82) is 0 Å². The van der Waals surface area contributed by atoms with Gasteiger partial charge in [-0.1, -0.05) is 20.3 Å². The molecule has 3 heteroatoms. The highest BCUT2D eigenvalue weighted by molar-refractivity contribution is 4.62. The van der Waals surface area contributed by atoms with E-state index in [1.807, 2.05) is 7.05 Å². The summed E-state index contributed by atoms with van der Waals surface area (Å²) in [7, 11) is 1.96. The molecule has 0 rings (SSSR count). The van der Waals surface area contributed by atoms with Crippen molar-refractivity contribution in [1.82, 2.24) is 4.90 Å². The Morgan fingerprint density at radius 1 is 1.33 bits per heavy atom. The summed E-state index contributed by atoms with van der Waals surface area (Å²) in [4.78, 5) is 2.05. The minimum Gasteiger partial charge on any atom is -0.394 e. The number of likely N-dealkylation sites (N-methyl/N-ethyl adjacent to an activating group) is 1. The van der Waals surface area contributed by atoms with Crippen molar-refractivity contribution in [2.75, 3.05) is 26.7 Å². The van der Waals surface area contributed by atoms with Gasteiger partial charge in [0.25, 0.3) is 0 Å². The SMILES string of the molecule is CCC(C)CN(C)CC(O)CO. The molecule has 74 valence electrons. The highest BCUT2D eigenvalue weighted by Crippen LogP contribution is 2.02. The number of aliphatic hydroxyl groups is 2. The van der Waals surface area contributed by atoms with Gasteiger partial charge in [0.2, 0.25) is 0 Å². The van der Waals surface area contributed by atoms with E-state index in [0.29, 0.717) is 12.5 Å². The van der Waals surface area contributed by atoms with Gasteiger partial charge in [0.05, 0.1) is 12.7 Å². The lowest BCUT2D eigenvalue weighted by Crippen LogP contribution is -2.34. The first-order chi connectivity index (χ1) is 5.60. The fourth-order valence-corrected chi connectivity index (χ4v) is 1.15. The Balaban J connectivity index is 3.51. The number of hydrogen-bond acceptors (Lipinski definition) is 3. The summed E-state index contributed by atoms with van der Waals surface area (Å²) in [6, 6.07) is 0. The number of nitrogens with zero attached hydrogens (tertiary/aromatic N) is 1. The van der Waals surface area contributed by atoms with Gasteiger partial charge in [-0.3, -0.25) is 0 Å². The molecule has 2 N–H and O–H groups in total. The molecule has 0 saturated carbocycles. The average molecular weight is 175 g/mol. The van der Waals surface area contributed by atoms with E-state index >= 15 is 0 Å². The maximum atomic E-state index is 9.12. The van der Waals surface area contributed by atoms with Crippen molar-refractivity contribution in [2.24, 2.45) is 5.92 Å². The molecule has 3 nitrogen and oxygen atoms in total. The van der Waals surface area contributed by atoms with Crippen molar-refractivity contribution in [2.45, 2.75) is 26.4 Å². The molecule has 0 aromatic heterocycles. The molecule has 0 heterocycles. The van der Waals surface area contributed by atoms with Gasteiger partial charge in [0, 0.05) is 13.1 Å². The van der Waals surface area contributed by atoms with Crippen molar-refractivity contribution < 1.29 is 10.2 Å². The molecular formula is C9H21NO2. The number of aliphatic hydroxyl groups excluding tert-OH is 2. The van der Waals surface area contributed by atoms with Crippen LogP contribution in [0, 0.1) is 5.92 Å². The smallest absolute Gasteiger partial charge is 0.0897 e. The Bertz CT molecular complexity index is 96.7. The Kier molecular flexibility index (Phi) is 6.34. The molecule has 0 aliphatic rings. The molecule has 0 amide bonds. The van der Waals surface area contributed by atoms with Gasteiger partial charge in [-0.2, -0.15) is 0 Å². The lowest BCUT2D eigenvalue weighted by atomic mass is 10.1. The van der Waals surface area contributed by atoms with Gasteiger partial charge in [-0.15, -0.1) is 0 Å². The van der Waals surface area contributed by atoms with Crippen LogP contribution in [0.15, 0.2) is 0 Å². The molecule has 0 radical (unpaired) electrons. The molecule has 0 aliphatic heterocycles. The molecule has 2 unspecified atom stereocenters. The predicted octanol–water partition coefficient (Wildman–Crippen LogP) is 0.318. The van der Waals surface area contributed by atoms with Crippen molar-refractivity contribution in [3.63, 3.8) is 0 Å². The summed E-state index contributed by atoms with van der Waals surface area (Å²) in [5.41, 5.74) is 0. The molecule has 0 spiro atoms. The Morgan fingerprint density at radius 2 is 1.92 bits per heavy atom. The van der Waals surface area contributed by atoms with E-state index in [1.54, 1.807) is 0 Å². The Labute approximate surface area is 75.0 Å². The van der Waals surface area contributed by atoms with Crippen LogP contribution in [0.4, 0.5) is 0 Å². The first-order valence-corrected chi connectivity index (χ1v) is 4.57. The average Bonchev–Trinajstić information content (AvgIpc) is 2.03. The second-order valence-electron chi connectivity index (χ2n) is 3.57. The molecule has 0 bridgehead atoms. The number of rotatable bonds is 6. The van der Waals surface area contributed by atoms with E-state index < -0.39 is 6.10 Å². The molecule has 0 aromatic rings. The molecular weight excluding hydrogens is 154 g/mol. The first kappa shape index (κ1) is 11.9. The molecule has 0 saturated heterocycles. The van der Waals surface area contributed by atoms with Crippen molar-refractivity contribution in [3.05, 3.63) is 0 Å². The number of hydrogen-bond donors (Lipinski definition) is 2. The van der Waals surface area contributed by atoms with Gasteiger partial charge in [0.15, 0.2) is 0 Å². The van der Waals surface area contributed by atoms with Crippen LogP contribution in [0.1, 0.15) is 20.3 Å². The van der Waals surface area contributed by atoms with Crippen molar-refractivity contribution >= 4 is 0 Å². The lowest BCUT2D eigenvalue weighted by Gasteiger charge is -2.22. The molecule has 0 fully saturated rings. The maximum Gasteiger partial charge on any atom is 0.0897 e. The summed E-state index contributed by atoms with van der Waals surface area (Å²) in [5.74, 6) is 0.654. The lowest BCUT2D eigenvalue weighted by molar-refractivity contribution is 0.0630. The predicted molar refractivity (Wildman–Crippen MR) is 50.0 cm³/mol. The van der Waals surface area contributed by atoms with E-state index in [2.05, 4.69) is 18.7 Å². The van der Waals surface area contributed by atoms with E-state index in [9.17, 15) is 0 Å². The van der Waals surface area contributed by atoms with Gasteiger partial charge >= 0.3 is 0 Å². The van der Waals surface area contributed by atoms with Gasteiger partial charge < -0.3 is 15.1 Å². The van der Waals surface area contributed by atoms with E-state index in [1.165, 1.54) is 0 Å². The fraction of sp³-hybridized carbons (Fsp3) is 1.00. The second kappa shape index (κ2) is 6.40. The largest absolute Gasteiger partial charge is 0.394 e. The topological polar surface area (TPSA) is 43.7 Å². The monoisotopic (exact) mass is 175 g/mol. The van der Waals surface area contributed by atoms with Gasteiger partial charge in [-0.25, -0.2) is 0 Å². The van der Waals surface area contributed by atoms with E-state index in [-0.39, 0.29) is 6.61 Å².